The number of halogens is 3. The summed E-state index contributed by atoms with van der Waals surface area (Å²) in [6.45, 7) is 3.53. The van der Waals surface area contributed by atoms with Crippen LogP contribution >= 0.6 is 11.6 Å². The number of benzene rings is 2. The van der Waals surface area contributed by atoms with E-state index in [9.17, 15) is 8.78 Å². The molecule has 0 bridgehead atoms. The highest BCUT2D eigenvalue weighted by molar-refractivity contribution is 6.31. The second kappa shape index (κ2) is 6.52. The van der Waals surface area contributed by atoms with Gasteiger partial charge in [0.15, 0.2) is 0 Å². The second-order valence-electron chi connectivity index (χ2n) is 5.14. The lowest BCUT2D eigenvalue weighted by Crippen LogP contribution is -2.30. The van der Waals surface area contributed by atoms with Crippen molar-refractivity contribution in [1.29, 1.82) is 0 Å². The van der Waals surface area contributed by atoms with E-state index in [1.165, 1.54) is 6.07 Å². The summed E-state index contributed by atoms with van der Waals surface area (Å²) < 4.78 is 27.3. The molecule has 0 heterocycles. The molecule has 1 atom stereocenters. The number of hydrogen-bond acceptors (Lipinski definition) is 2. The highest BCUT2D eigenvalue weighted by atomic mass is 35.5. The van der Waals surface area contributed by atoms with Crippen molar-refractivity contribution in [2.45, 2.75) is 26.3 Å². The summed E-state index contributed by atoms with van der Waals surface area (Å²) in [5.74, 6) is 4.35. The van der Waals surface area contributed by atoms with Crippen molar-refractivity contribution in [2.75, 3.05) is 0 Å². The Hall–Kier alpha value is -1.49. The molecule has 0 aliphatic heterocycles. The normalized spacial score (nSPS) is 12.5. The van der Waals surface area contributed by atoms with Crippen LogP contribution in [0.15, 0.2) is 30.3 Å². The number of nitrogens with two attached hydrogens (primary N) is 1. The van der Waals surface area contributed by atoms with Crippen LogP contribution in [0.5, 0.6) is 0 Å². The molecule has 2 aromatic carbocycles. The van der Waals surface area contributed by atoms with Gasteiger partial charge in [-0.25, -0.2) is 8.78 Å². The molecule has 0 aromatic heterocycles. The SMILES string of the molecule is Cc1ccc(CC(NN)c2cc(C)c(F)cc2F)c(Cl)c1. The Bertz CT molecular complexity index is 659. The smallest absolute Gasteiger partial charge is 0.130 e. The van der Waals surface area contributed by atoms with Gasteiger partial charge in [0.2, 0.25) is 0 Å². The van der Waals surface area contributed by atoms with Crippen LogP contribution in [0.3, 0.4) is 0 Å². The van der Waals surface area contributed by atoms with Crippen LogP contribution in [0.4, 0.5) is 8.78 Å². The van der Waals surface area contributed by atoms with Crippen LogP contribution in [-0.2, 0) is 6.42 Å². The topological polar surface area (TPSA) is 38.0 Å². The molecule has 112 valence electrons. The third-order valence-corrected chi connectivity index (χ3v) is 3.84. The van der Waals surface area contributed by atoms with Crippen molar-refractivity contribution in [3.63, 3.8) is 0 Å². The van der Waals surface area contributed by atoms with Crippen LogP contribution < -0.4 is 11.3 Å². The minimum Gasteiger partial charge on any atom is -0.271 e. The molecule has 3 N–H and O–H groups in total. The first-order chi connectivity index (χ1) is 9.92. The highest BCUT2D eigenvalue weighted by Gasteiger charge is 2.18. The van der Waals surface area contributed by atoms with E-state index in [2.05, 4.69) is 5.43 Å². The van der Waals surface area contributed by atoms with E-state index in [0.717, 1.165) is 17.2 Å². The van der Waals surface area contributed by atoms with Crippen molar-refractivity contribution in [2.24, 2.45) is 5.84 Å². The first-order valence-corrected chi connectivity index (χ1v) is 6.97. The highest BCUT2D eigenvalue weighted by Crippen LogP contribution is 2.27. The lowest BCUT2D eigenvalue weighted by molar-refractivity contribution is 0.500. The Morgan fingerprint density at radius 2 is 1.86 bits per heavy atom. The zero-order valence-corrected chi connectivity index (χ0v) is 12.6. The molecule has 0 radical (unpaired) electrons. The maximum absolute atomic E-state index is 14.0. The number of nitrogens with one attached hydrogen (secondary N) is 1. The maximum atomic E-state index is 14.0. The van der Waals surface area contributed by atoms with Crippen molar-refractivity contribution in [1.82, 2.24) is 5.43 Å². The summed E-state index contributed by atoms with van der Waals surface area (Å²) in [5.41, 5.74) is 5.18. The first-order valence-electron chi connectivity index (χ1n) is 6.59. The molecule has 0 saturated carbocycles. The fourth-order valence-electron chi connectivity index (χ4n) is 2.24. The van der Waals surface area contributed by atoms with E-state index in [-0.39, 0.29) is 0 Å². The van der Waals surface area contributed by atoms with Gasteiger partial charge in [0.1, 0.15) is 11.6 Å². The van der Waals surface area contributed by atoms with E-state index < -0.39 is 17.7 Å². The van der Waals surface area contributed by atoms with Crippen molar-refractivity contribution in [3.05, 3.63) is 69.2 Å². The fraction of sp³-hybridized carbons (Fsp3) is 0.250. The van der Waals surface area contributed by atoms with Gasteiger partial charge in [-0.05, 0) is 49.1 Å². The first kappa shape index (κ1) is 15.9. The minimum atomic E-state index is -0.621. The Labute approximate surface area is 127 Å². The van der Waals surface area contributed by atoms with Gasteiger partial charge in [-0.1, -0.05) is 23.7 Å². The van der Waals surface area contributed by atoms with Crippen LogP contribution in [0.25, 0.3) is 0 Å². The largest absolute Gasteiger partial charge is 0.271 e. The Balaban J connectivity index is 2.34. The van der Waals surface area contributed by atoms with Gasteiger partial charge in [0, 0.05) is 16.7 Å². The predicted molar refractivity (Wildman–Crippen MR) is 81.1 cm³/mol. The van der Waals surface area contributed by atoms with Gasteiger partial charge in [0.05, 0.1) is 6.04 Å². The number of rotatable bonds is 4. The monoisotopic (exact) mass is 310 g/mol. The molecule has 0 spiro atoms. The van der Waals surface area contributed by atoms with Gasteiger partial charge in [-0.15, -0.1) is 0 Å². The van der Waals surface area contributed by atoms with Gasteiger partial charge in [-0.3, -0.25) is 11.3 Å². The molecule has 0 aliphatic rings. The molecule has 21 heavy (non-hydrogen) atoms. The lowest BCUT2D eigenvalue weighted by Gasteiger charge is -2.19. The van der Waals surface area contributed by atoms with Gasteiger partial charge < -0.3 is 0 Å². The maximum Gasteiger partial charge on any atom is 0.130 e. The molecule has 2 nitrogen and oxygen atoms in total. The molecule has 2 aromatic rings. The van der Waals surface area contributed by atoms with Crippen LogP contribution in [-0.4, -0.2) is 0 Å². The van der Waals surface area contributed by atoms with E-state index in [4.69, 9.17) is 17.4 Å². The number of aryl methyl sites for hydroxylation is 2. The Morgan fingerprint density at radius 1 is 1.14 bits per heavy atom. The van der Waals surface area contributed by atoms with Crippen molar-refractivity contribution >= 4 is 11.6 Å². The Kier molecular flexibility index (Phi) is 4.93. The summed E-state index contributed by atoms with van der Waals surface area (Å²) >= 11 is 6.19. The molecule has 0 aliphatic carbocycles. The van der Waals surface area contributed by atoms with Crippen molar-refractivity contribution < 1.29 is 8.78 Å². The molecule has 5 heteroatoms. The number of hydrogen-bond donors (Lipinski definition) is 2. The summed E-state index contributed by atoms with van der Waals surface area (Å²) in [4.78, 5) is 0. The molecule has 2 rings (SSSR count). The number of hydrazine groups is 1. The average Bonchev–Trinajstić information content (AvgIpc) is 2.43. The third-order valence-electron chi connectivity index (χ3n) is 3.49. The van der Waals surface area contributed by atoms with Crippen LogP contribution in [0, 0.1) is 25.5 Å². The summed E-state index contributed by atoms with van der Waals surface area (Å²) in [7, 11) is 0. The fourth-order valence-corrected chi connectivity index (χ4v) is 2.56. The third kappa shape index (κ3) is 3.59. The van der Waals surface area contributed by atoms with Gasteiger partial charge >= 0.3 is 0 Å². The lowest BCUT2D eigenvalue weighted by atomic mass is 9.97. The summed E-state index contributed by atoms with van der Waals surface area (Å²) in [6, 6.07) is 7.53. The molecular weight excluding hydrogens is 294 g/mol. The van der Waals surface area contributed by atoms with E-state index in [0.29, 0.717) is 22.6 Å². The van der Waals surface area contributed by atoms with Gasteiger partial charge in [-0.2, -0.15) is 0 Å². The zero-order chi connectivity index (χ0) is 15.6. The summed E-state index contributed by atoms with van der Waals surface area (Å²) in [6.07, 6.45) is 0.414. The van der Waals surface area contributed by atoms with Gasteiger partial charge in [0.25, 0.3) is 0 Å². The molecule has 0 amide bonds. The van der Waals surface area contributed by atoms with Crippen molar-refractivity contribution in [3.8, 4) is 0 Å². The summed E-state index contributed by atoms with van der Waals surface area (Å²) in [5, 5.41) is 0.606. The molecule has 1 unspecified atom stereocenters. The predicted octanol–water partition coefficient (Wildman–Crippen LogP) is 3.98. The molecule has 0 saturated heterocycles. The quantitative estimate of drug-likeness (QED) is 0.662. The van der Waals surface area contributed by atoms with E-state index >= 15 is 0 Å². The minimum absolute atomic E-state index is 0.327. The second-order valence-corrected chi connectivity index (χ2v) is 5.55. The average molecular weight is 311 g/mol. The van der Waals surface area contributed by atoms with Crippen LogP contribution in [0.1, 0.15) is 28.3 Å². The van der Waals surface area contributed by atoms with Crippen LogP contribution in [0.2, 0.25) is 5.02 Å². The Morgan fingerprint density at radius 3 is 2.48 bits per heavy atom. The molecule has 0 fully saturated rings. The zero-order valence-electron chi connectivity index (χ0n) is 11.9. The molecular formula is C16H17ClF2N2. The van der Waals surface area contributed by atoms with E-state index in [1.807, 2.05) is 25.1 Å². The standard InChI is InChI=1S/C16H17ClF2N2/c1-9-3-4-11(13(17)5-9)7-16(21-20)12-6-10(2)14(18)8-15(12)19/h3-6,8,16,21H,7,20H2,1-2H3. The van der Waals surface area contributed by atoms with E-state index in [1.54, 1.807) is 6.92 Å².